The van der Waals surface area contributed by atoms with E-state index < -0.39 is 5.82 Å². The van der Waals surface area contributed by atoms with E-state index in [2.05, 4.69) is 25.3 Å². The van der Waals surface area contributed by atoms with E-state index >= 15 is 0 Å². The number of hydrogen-bond acceptors (Lipinski definition) is 6. The number of hydrogen-bond donors (Lipinski definition) is 0. The molecule has 1 aliphatic rings. The molecule has 1 unspecified atom stereocenters. The van der Waals surface area contributed by atoms with Gasteiger partial charge in [-0.3, -0.25) is 4.90 Å². The fourth-order valence-electron chi connectivity index (χ4n) is 2.46. The molecule has 2 aromatic rings. The minimum Gasteiger partial charge on any atom is -0.471 e. The van der Waals surface area contributed by atoms with Crippen molar-refractivity contribution in [2.45, 2.75) is 25.5 Å². The molecule has 0 aromatic carbocycles. The van der Waals surface area contributed by atoms with E-state index in [9.17, 15) is 4.39 Å². The SMILES string of the molecule is Cn1nnc(CN2CCCC(Oc3ncccc3F)C2)n1. The Morgan fingerprint density at radius 2 is 2.38 bits per heavy atom. The molecule has 1 saturated heterocycles. The third kappa shape index (κ3) is 3.52. The molecule has 21 heavy (non-hydrogen) atoms. The molecule has 3 rings (SSSR count). The number of likely N-dealkylation sites (tertiary alicyclic amines) is 1. The molecular weight excluding hydrogens is 275 g/mol. The van der Waals surface area contributed by atoms with Crippen LogP contribution in [-0.2, 0) is 13.6 Å². The van der Waals surface area contributed by atoms with Gasteiger partial charge in [0.15, 0.2) is 11.6 Å². The Morgan fingerprint density at radius 1 is 1.48 bits per heavy atom. The van der Waals surface area contributed by atoms with Crippen molar-refractivity contribution in [3.05, 3.63) is 30.0 Å². The third-order valence-electron chi connectivity index (χ3n) is 3.38. The van der Waals surface area contributed by atoms with Crippen LogP contribution in [0.25, 0.3) is 0 Å². The Bertz CT molecular complexity index is 604. The summed E-state index contributed by atoms with van der Waals surface area (Å²) >= 11 is 0. The summed E-state index contributed by atoms with van der Waals surface area (Å²) in [5.41, 5.74) is 0. The molecule has 0 spiro atoms. The van der Waals surface area contributed by atoms with Crippen LogP contribution < -0.4 is 4.74 Å². The molecule has 0 aliphatic carbocycles. The molecule has 1 aliphatic heterocycles. The van der Waals surface area contributed by atoms with Gasteiger partial charge in [0.2, 0.25) is 0 Å². The van der Waals surface area contributed by atoms with Gasteiger partial charge in [-0.15, -0.1) is 10.2 Å². The number of piperidine rings is 1. The van der Waals surface area contributed by atoms with Crippen molar-refractivity contribution in [3.63, 3.8) is 0 Å². The smallest absolute Gasteiger partial charge is 0.250 e. The average molecular weight is 292 g/mol. The van der Waals surface area contributed by atoms with Crippen LogP contribution in [0.2, 0.25) is 0 Å². The normalized spacial score (nSPS) is 19.6. The first-order chi connectivity index (χ1) is 10.2. The summed E-state index contributed by atoms with van der Waals surface area (Å²) in [6, 6.07) is 2.90. The lowest BCUT2D eigenvalue weighted by molar-refractivity contribution is 0.0760. The van der Waals surface area contributed by atoms with E-state index in [0.717, 1.165) is 19.4 Å². The Morgan fingerprint density at radius 3 is 3.14 bits per heavy atom. The van der Waals surface area contributed by atoms with Crippen molar-refractivity contribution < 1.29 is 9.13 Å². The van der Waals surface area contributed by atoms with Crippen LogP contribution in [0.3, 0.4) is 0 Å². The van der Waals surface area contributed by atoms with Gasteiger partial charge in [0.05, 0.1) is 13.6 Å². The highest BCUT2D eigenvalue weighted by Crippen LogP contribution is 2.19. The van der Waals surface area contributed by atoms with E-state index in [-0.39, 0.29) is 12.0 Å². The number of pyridine rings is 1. The molecule has 0 saturated carbocycles. The number of ether oxygens (including phenoxy) is 1. The summed E-state index contributed by atoms with van der Waals surface area (Å²) in [5.74, 6) is 0.328. The van der Waals surface area contributed by atoms with E-state index in [0.29, 0.717) is 18.9 Å². The lowest BCUT2D eigenvalue weighted by atomic mass is 10.1. The molecule has 7 nitrogen and oxygen atoms in total. The summed E-state index contributed by atoms with van der Waals surface area (Å²) in [4.78, 5) is 7.56. The topological polar surface area (TPSA) is 69.0 Å². The van der Waals surface area contributed by atoms with Gasteiger partial charge in [0, 0.05) is 12.7 Å². The van der Waals surface area contributed by atoms with Gasteiger partial charge in [-0.25, -0.2) is 9.37 Å². The molecule has 0 radical (unpaired) electrons. The van der Waals surface area contributed by atoms with E-state index in [4.69, 9.17) is 4.74 Å². The van der Waals surface area contributed by atoms with Gasteiger partial charge >= 0.3 is 0 Å². The maximum absolute atomic E-state index is 13.6. The predicted molar refractivity (Wildman–Crippen MR) is 71.9 cm³/mol. The van der Waals surface area contributed by atoms with Crippen molar-refractivity contribution in [1.29, 1.82) is 0 Å². The first kappa shape index (κ1) is 13.9. The highest BCUT2D eigenvalue weighted by Gasteiger charge is 2.23. The zero-order valence-electron chi connectivity index (χ0n) is 11.8. The zero-order chi connectivity index (χ0) is 14.7. The van der Waals surface area contributed by atoms with E-state index in [1.165, 1.54) is 17.1 Å². The average Bonchev–Trinajstić information content (AvgIpc) is 2.87. The van der Waals surface area contributed by atoms with Gasteiger partial charge in [-0.1, -0.05) is 0 Å². The van der Waals surface area contributed by atoms with Crippen LogP contribution in [-0.4, -0.2) is 49.3 Å². The number of tetrazole rings is 1. The predicted octanol–water partition coefficient (Wildman–Crippen LogP) is 0.788. The highest BCUT2D eigenvalue weighted by atomic mass is 19.1. The van der Waals surface area contributed by atoms with Gasteiger partial charge in [-0.05, 0) is 36.7 Å². The lowest BCUT2D eigenvalue weighted by Gasteiger charge is -2.31. The van der Waals surface area contributed by atoms with Gasteiger partial charge < -0.3 is 4.74 Å². The van der Waals surface area contributed by atoms with Crippen molar-refractivity contribution >= 4 is 0 Å². The molecule has 3 heterocycles. The largest absolute Gasteiger partial charge is 0.471 e. The number of aryl methyl sites for hydroxylation is 1. The molecule has 8 heteroatoms. The summed E-state index contributed by atoms with van der Waals surface area (Å²) in [6.45, 7) is 2.27. The van der Waals surface area contributed by atoms with Crippen LogP contribution in [0.4, 0.5) is 4.39 Å². The molecule has 112 valence electrons. The van der Waals surface area contributed by atoms with Crippen molar-refractivity contribution in [1.82, 2.24) is 30.1 Å². The lowest BCUT2D eigenvalue weighted by Crippen LogP contribution is -2.41. The first-order valence-corrected chi connectivity index (χ1v) is 6.93. The molecule has 0 amide bonds. The Kier molecular flexibility index (Phi) is 4.05. The fourth-order valence-corrected chi connectivity index (χ4v) is 2.46. The molecule has 0 N–H and O–H groups in total. The second-order valence-corrected chi connectivity index (χ2v) is 5.10. The minimum atomic E-state index is -0.426. The van der Waals surface area contributed by atoms with Gasteiger partial charge in [-0.2, -0.15) is 4.80 Å². The van der Waals surface area contributed by atoms with Gasteiger partial charge in [0.1, 0.15) is 6.10 Å². The monoisotopic (exact) mass is 292 g/mol. The van der Waals surface area contributed by atoms with Crippen LogP contribution in [0, 0.1) is 5.82 Å². The second kappa shape index (κ2) is 6.13. The Hall–Kier alpha value is -2.09. The van der Waals surface area contributed by atoms with Crippen LogP contribution in [0.15, 0.2) is 18.3 Å². The minimum absolute atomic E-state index is 0.0696. The Labute approximate surface area is 121 Å². The molecule has 1 fully saturated rings. The number of nitrogens with zero attached hydrogens (tertiary/aromatic N) is 6. The molecule has 0 bridgehead atoms. The second-order valence-electron chi connectivity index (χ2n) is 5.10. The molecule has 1 atom stereocenters. The number of rotatable bonds is 4. The van der Waals surface area contributed by atoms with Crippen LogP contribution >= 0.6 is 0 Å². The quantitative estimate of drug-likeness (QED) is 0.830. The third-order valence-corrected chi connectivity index (χ3v) is 3.38. The van der Waals surface area contributed by atoms with Crippen LogP contribution in [0.5, 0.6) is 5.88 Å². The number of halogens is 1. The summed E-state index contributed by atoms with van der Waals surface area (Å²) in [7, 11) is 1.74. The zero-order valence-corrected chi connectivity index (χ0v) is 11.8. The summed E-state index contributed by atoms with van der Waals surface area (Å²) in [6.07, 6.45) is 3.34. The maximum Gasteiger partial charge on any atom is 0.250 e. The van der Waals surface area contributed by atoms with E-state index in [1.54, 1.807) is 13.1 Å². The van der Waals surface area contributed by atoms with Gasteiger partial charge in [0.25, 0.3) is 5.88 Å². The summed E-state index contributed by atoms with van der Waals surface area (Å²) < 4.78 is 19.2. The van der Waals surface area contributed by atoms with Crippen LogP contribution in [0.1, 0.15) is 18.7 Å². The standard InChI is InChI=1S/C13H17FN6O/c1-19-17-12(16-18-19)9-20-7-3-4-10(8-20)21-13-11(14)5-2-6-15-13/h2,5-6,10H,3-4,7-9H2,1H3. The van der Waals surface area contributed by atoms with Crippen molar-refractivity contribution in [2.75, 3.05) is 13.1 Å². The van der Waals surface area contributed by atoms with E-state index in [1.807, 2.05) is 0 Å². The fraction of sp³-hybridized carbons (Fsp3) is 0.538. The Balaban J connectivity index is 1.59. The van der Waals surface area contributed by atoms with Crippen molar-refractivity contribution in [2.24, 2.45) is 7.05 Å². The maximum atomic E-state index is 13.6. The highest BCUT2D eigenvalue weighted by molar-refractivity contribution is 5.13. The first-order valence-electron chi connectivity index (χ1n) is 6.93. The number of aromatic nitrogens is 5. The molecule has 2 aromatic heterocycles. The summed E-state index contributed by atoms with van der Waals surface area (Å²) in [5, 5.41) is 12.0. The van der Waals surface area contributed by atoms with Crippen molar-refractivity contribution in [3.8, 4) is 5.88 Å². The molecular formula is C13H17FN6O.